The zero-order chi connectivity index (χ0) is 14.1. The Labute approximate surface area is 119 Å². The molecule has 3 heterocycles. The van der Waals surface area contributed by atoms with Crippen molar-refractivity contribution in [2.75, 3.05) is 11.9 Å². The molecule has 0 aliphatic rings. The van der Waals surface area contributed by atoms with Crippen LogP contribution in [0.2, 0.25) is 0 Å². The number of hydrogen-bond acceptors (Lipinski definition) is 5. The lowest BCUT2D eigenvalue weighted by atomic mass is 10.3. The van der Waals surface area contributed by atoms with Gasteiger partial charge in [0.05, 0.1) is 6.20 Å². The summed E-state index contributed by atoms with van der Waals surface area (Å²) < 4.78 is 1.50. The van der Waals surface area contributed by atoms with Gasteiger partial charge in [0.15, 0.2) is 0 Å². The summed E-state index contributed by atoms with van der Waals surface area (Å²) >= 11 is 1.61. The predicted molar refractivity (Wildman–Crippen MR) is 78.3 cm³/mol. The fraction of sp³-hybridized carbons (Fsp3) is 0.154. The van der Waals surface area contributed by atoms with Crippen LogP contribution in [0.1, 0.15) is 5.56 Å². The maximum Gasteiger partial charge on any atom is 0.372 e. The van der Waals surface area contributed by atoms with Crippen molar-refractivity contribution < 1.29 is 4.92 Å². The van der Waals surface area contributed by atoms with Gasteiger partial charge in [-0.15, -0.1) is 0 Å². The first-order valence-electron chi connectivity index (χ1n) is 6.00. The van der Waals surface area contributed by atoms with Crippen molar-refractivity contribution in [3.05, 3.63) is 56.9 Å². The van der Waals surface area contributed by atoms with Crippen LogP contribution in [-0.2, 0) is 6.54 Å². The predicted octanol–water partition coefficient (Wildman–Crippen LogP) is 2.94. The van der Waals surface area contributed by atoms with E-state index < -0.39 is 0 Å². The molecule has 0 saturated carbocycles. The Kier molecular flexibility index (Phi) is 3.11. The van der Waals surface area contributed by atoms with E-state index in [0.29, 0.717) is 18.0 Å². The van der Waals surface area contributed by atoms with E-state index in [1.165, 1.54) is 4.40 Å². The molecule has 0 aliphatic heterocycles. The lowest BCUT2D eigenvalue weighted by molar-refractivity contribution is -0.389. The SMILES string of the molecule is CN(Cc1ccsc1)c1nc2ccccn2c1[N+](=O)[O-]. The summed E-state index contributed by atoms with van der Waals surface area (Å²) in [5.74, 6) is 0.380. The highest BCUT2D eigenvalue weighted by molar-refractivity contribution is 7.07. The molecule has 0 amide bonds. The van der Waals surface area contributed by atoms with Crippen LogP contribution in [0.25, 0.3) is 5.65 Å². The quantitative estimate of drug-likeness (QED) is 0.547. The Balaban J connectivity index is 2.06. The van der Waals surface area contributed by atoms with Crippen LogP contribution in [0.5, 0.6) is 0 Å². The van der Waals surface area contributed by atoms with Crippen LogP contribution in [0.3, 0.4) is 0 Å². The zero-order valence-electron chi connectivity index (χ0n) is 10.8. The smallest absolute Gasteiger partial charge is 0.358 e. The van der Waals surface area contributed by atoms with Gasteiger partial charge in [-0.25, -0.2) is 0 Å². The standard InChI is InChI=1S/C13H12N4O2S/c1-15(8-10-5-7-20-9-10)12-13(17(18)19)16-6-3-2-4-11(16)14-12/h2-7,9H,8H2,1H3. The summed E-state index contributed by atoms with van der Waals surface area (Å²) in [6.45, 7) is 0.591. The first-order valence-corrected chi connectivity index (χ1v) is 6.95. The van der Waals surface area contributed by atoms with Gasteiger partial charge >= 0.3 is 5.82 Å². The number of aromatic nitrogens is 2. The second kappa shape index (κ2) is 4.93. The fourth-order valence-electron chi connectivity index (χ4n) is 2.13. The summed E-state index contributed by atoms with van der Waals surface area (Å²) in [4.78, 5) is 17.1. The van der Waals surface area contributed by atoms with Crippen molar-refractivity contribution in [1.82, 2.24) is 9.38 Å². The Morgan fingerprint density at radius 1 is 1.45 bits per heavy atom. The lowest BCUT2D eigenvalue weighted by Gasteiger charge is -2.14. The molecule has 0 spiro atoms. The lowest BCUT2D eigenvalue weighted by Crippen LogP contribution is -2.17. The summed E-state index contributed by atoms with van der Waals surface area (Å²) in [5, 5.41) is 15.3. The van der Waals surface area contributed by atoms with Gasteiger partial charge < -0.3 is 15.0 Å². The molecule has 7 heteroatoms. The van der Waals surface area contributed by atoms with E-state index in [4.69, 9.17) is 0 Å². The summed E-state index contributed by atoms with van der Waals surface area (Å²) in [5.41, 5.74) is 1.69. The van der Waals surface area contributed by atoms with Gasteiger partial charge in [-0.05, 0) is 33.4 Å². The first-order chi connectivity index (χ1) is 9.66. The maximum atomic E-state index is 11.3. The average molecular weight is 288 g/mol. The third kappa shape index (κ3) is 2.12. The minimum atomic E-state index is -0.389. The zero-order valence-corrected chi connectivity index (χ0v) is 11.6. The highest BCUT2D eigenvalue weighted by atomic mass is 32.1. The fourth-order valence-corrected chi connectivity index (χ4v) is 2.79. The molecule has 0 aromatic carbocycles. The highest BCUT2D eigenvalue weighted by Crippen LogP contribution is 2.29. The van der Waals surface area contributed by atoms with Crippen LogP contribution in [0.4, 0.5) is 11.6 Å². The molecule has 102 valence electrons. The van der Waals surface area contributed by atoms with Gasteiger partial charge in [-0.1, -0.05) is 6.07 Å². The number of nitro groups is 1. The Morgan fingerprint density at radius 2 is 2.30 bits per heavy atom. The minimum Gasteiger partial charge on any atom is -0.358 e. The number of pyridine rings is 1. The van der Waals surface area contributed by atoms with E-state index in [-0.39, 0.29) is 10.7 Å². The molecule has 0 saturated heterocycles. The van der Waals surface area contributed by atoms with Gasteiger partial charge in [0.1, 0.15) is 0 Å². The molecule has 3 aromatic heterocycles. The van der Waals surface area contributed by atoms with Crippen molar-refractivity contribution in [2.45, 2.75) is 6.54 Å². The molecule has 0 atom stereocenters. The van der Waals surface area contributed by atoms with E-state index in [1.807, 2.05) is 29.9 Å². The molecule has 20 heavy (non-hydrogen) atoms. The first kappa shape index (κ1) is 12.6. The maximum absolute atomic E-state index is 11.3. The third-order valence-corrected chi connectivity index (χ3v) is 3.75. The Bertz CT molecular complexity index is 751. The second-order valence-corrected chi connectivity index (χ2v) is 5.21. The number of anilines is 1. The van der Waals surface area contributed by atoms with Crippen LogP contribution in [0, 0.1) is 10.1 Å². The molecule has 0 radical (unpaired) electrons. The molecule has 0 fully saturated rings. The Morgan fingerprint density at radius 3 is 3.00 bits per heavy atom. The molecule has 0 aliphatic carbocycles. The van der Waals surface area contributed by atoms with Crippen LogP contribution >= 0.6 is 11.3 Å². The molecular weight excluding hydrogens is 276 g/mol. The van der Waals surface area contributed by atoms with Gasteiger partial charge in [0.2, 0.25) is 11.5 Å². The van der Waals surface area contributed by atoms with E-state index in [0.717, 1.165) is 5.56 Å². The van der Waals surface area contributed by atoms with Crippen molar-refractivity contribution in [1.29, 1.82) is 0 Å². The minimum absolute atomic E-state index is 0.00155. The molecule has 0 N–H and O–H groups in total. The highest BCUT2D eigenvalue weighted by Gasteiger charge is 2.25. The van der Waals surface area contributed by atoms with E-state index in [9.17, 15) is 10.1 Å². The van der Waals surface area contributed by atoms with Crippen molar-refractivity contribution in [2.24, 2.45) is 0 Å². The normalized spacial score (nSPS) is 10.8. The molecular formula is C13H12N4O2S. The number of fused-ring (bicyclic) bond motifs is 1. The van der Waals surface area contributed by atoms with Gasteiger partial charge in [0, 0.05) is 19.7 Å². The van der Waals surface area contributed by atoms with Crippen LogP contribution in [0.15, 0.2) is 41.2 Å². The topological polar surface area (TPSA) is 63.7 Å². The van der Waals surface area contributed by atoms with E-state index in [1.54, 1.807) is 34.6 Å². The van der Waals surface area contributed by atoms with Crippen molar-refractivity contribution in [3.63, 3.8) is 0 Å². The van der Waals surface area contributed by atoms with Gasteiger partial charge in [0.25, 0.3) is 0 Å². The molecule has 3 aromatic rings. The summed E-state index contributed by atoms with van der Waals surface area (Å²) in [6, 6.07) is 7.33. The number of imidazole rings is 1. The van der Waals surface area contributed by atoms with Crippen molar-refractivity contribution >= 4 is 28.6 Å². The van der Waals surface area contributed by atoms with E-state index >= 15 is 0 Å². The molecule has 6 nitrogen and oxygen atoms in total. The molecule has 0 bridgehead atoms. The molecule has 0 unspecified atom stereocenters. The van der Waals surface area contributed by atoms with Crippen molar-refractivity contribution in [3.8, 4) is 0 Å². The number of thiophene rings is 1. The average Bonchev–Trinajstić information content (AvgIpc) is 3.04. The molecule has 3 rings (SSSR count). The summed E-state index contributed by atoms with van der Waals surface area (Å²) in [6.07, 6.45) is 1.66. The van der Waals surface area contributed by atoms with E-state index in [2.05, 4.69) is 4.98 Å². The largest absolute Gasteiger partial charge is 0.372 e. The number of hydrogen-bond donors (Lipinski definition) is 0. The Hall–Kier alpha value is -2.41. The third-order valence-electron chi connectivity index (χ3n) is 3.02. The van der Waals surface area contributed by atoms with Gasteiger partial charge in [-0.3, -0.25) is 0 Å². The van der Waals surface area contributed by atoms with Crippen LogP contribution < -0.4 is 4.90 Å². The monoisotopic (exact) mass is 288 g/mol. The number of nitrogens with zero attached hydrogens (tertiary/aromatic N) is 4. The second-order valence-electron chi connectivity index (χ2n) is 4.43. The number of rotatable bonds is 4. The van der Waals surface area contributed by atoms with Gasteiger partial charge in [-0.2, -0.15) is 20.7 Å². The van der Waals surface area contributed by atoms with Crippen LogP contribution in [-0.4, -0.2) is 21.4 Å². The summed E-state index contributed by atoms with van der Waals surface area (Å²) in [7, 11) is 1.81.